The summed E-state index contributed by atoms with van der Waals surface area (Å²) in [6.07, 6.45) is 0. The molecule has 0 amide bonds. The van der Waals surface area contributed by atoms with E-state index in [4.69, 9.17) is 0 Å². The van der Waals surface area contributed by atoms with Crippen LogP contribution in [0.25, 0.3) is 0 Å². The molecule has 0 aromatic heterocycles. The zero-order valence-electron chi connectivity index (χ0n) is 6.18. The maximum Gasteiger partial charge on any atom is 0.450 e. The number of ether oxygens (including phenoxy) is 2. The molecule has 0 spiro atoms. The van der Waals surface area contributed by atoms with Gasteiger partial charge in [0.2, 0.25) is 4.38 Å². The average Bonchev–Trinajstić information content (AvgIpc) is 1.84. The Kier molecular flexibility index (Phi) is 5.60. The van der Waals surface area contributed by atoms with Gasteiger partial charge in [-0.1, -0.05) is 0 Å². The Bertz CT molecular complexity index is 148. The largest absolute Gasteiger partial charge is 0.476 e. The highest BCUT2D eigenvalue weighted by molar-refractivity contribution is 8.23. The van der Waals surface area contributed by atoms with E-state index in [1.165, 1.54) is 7.11 Å². The molecule has 0 aliphatic carbocycles. The van der Waals surface area contributed by atoms with Gasteiger partial charge in [-0.05, 0) is 12.2 Å². The van der Waals surface area contributed by atoms with Crippen molar-refractivity contribution in [3.8, 4) is 0 Å². The van der Waals surface area contributed by atoms with Gasteiger partial charge in [-0.2, -0.15) is 13.2 Å². The summed E-state index contributed by atoms with van der Waals surface area (Å²) in [6, 6.07) is 0. The van der Waals surface area contributed by atoms with E-state index >= 15 is 0 Å². The van der Waals surface area contributed by atoms with E-state index < -0.39 is 21.7 Å². The molecule has 0 saturated heterocycles. The van der Waals surface area contributed by atoms with Gasteiger partial charge in [-0.25, -0.2) is 0 Å². The lowest BCUT2D eigenvalue weighted by Crippen LogP contribution is -2.10. The van der Waals surface area contributed by atoms with Crippen LogP contribution in [0.2, 0.25) is 0 Å². The van der Waals surface area contributed by atoms with Crippen molar-refractivity contribution in [3.05, 3.63) is 0 Å². The molecule has 0 atom stereocenters. The van der Waals surface area contributed by atoms with E-state index in [-0.39, 0.29) is 13.2 Å². The van der Waals surface area contributed by atoms with Gasteiger partial charge in [-0.3, -0.25) is 0 Å². The number of alkyl halides is 3. The predicted molar refractivity (Wildman–Crippen MR) is 44.1 cm³/mol. The van der Waals surface area contributed by atoms with Crippen molar-refractivity contribution in [1.29, 1.82) is 0 Å². The Morgan fingerprint density at radius 2 is 2.00 bits per heavy atom. The van der Waals surface area contributed by atoms with E-state index in [0.29, 0.717) is 0 Å². The highest BCUT2D eigenvalue weighted by atomic mass is 32.2. The average molecular weight is 220 g/mol. The Morgan fingerprint density at radius 3 is 2.42 bits per heavy atom. The highest BCUT2D eigenvalue weighted by Gasteiger charge is 2.31. The topological polar surface area (TPSA) is 18.5 Å². The lowest BCUT2D eigenvalue weighted by molar-refractivity contribution is -0.0319. The van der Waals surface area contributed by atoms with Crippen molar-refractivity contribution in [1.82, 2.24) is 0 Å². The molecule has 0 aliphatic heterocycles. The molecule has 2 nitrogen and oxygen atoms in total. The molecule has 72 valence electrons. The molecule has 0 saturated carbocycles. The van der Waals surface area contributed by atoms with Crippen LogP contribution in [0.5, 0.6) is 0 Å². The third-order valence-corrected chi connectivity index (χ3v) is 1.59. The highest BCUT2D eigenvalue weighted by Crippen LogP contribution is 2.31. The fourth-order valence-electron chi connectivity index (χ4n) is 0.332. The summed E-state index contributed by atoms with van der Waals surface area (Å²) >= 11 is 3.84. The third kappa shape index (κ3) is 8.09. The SMILES string of the molecule is COCCOC(=S)SC(F)(F)F. The van der Waals surface area contributed by atoms with Gasteiger partial charge >= 0.3 is 5.51 Å². The summed E-state index contributed by atoms with van der Waals surface area (Å²) in [5, 5.41) is 0. The number of halogens is 3. The van der Waals surface area contributed by atoms with E-state index in [9.17, 15) is 13.2 Å². The Morgan fingerprint density at radius 1 is 1.42 bits per heavy atom. The van der Waals surface area contributed by atoms with Gasteiger partial charge in [0.1, 0.15) is 6.61 Å². The molecule has 7 heteroatoms. The molecule has 12 heavy (non-hydrogen) atoms. The zero-order valence-corrected chi connectivity index (χ0v) is 7.81. The zero-order chi connectivity index (χ0) is 9.61. The predicted octanol–water partition coefficient (Wildman–Crippen LogP) is 2.19. The fourth-order valence-corrected chi connectivity index (χ4v) is 1.03. The number of hydrogen-bond acceptors (Lipinski definition) is 4. The van der Waals surface area contributed by atoms with Crippen molar-refractivity contribution in [2.24, 2.45) is 0 Å². The molecule has 0 heterocycles. The Hall–Kier alpha value is -0.0100. The summed E-state index contributed by atoms with van der Waals surface area (Å²) in [4.78, 5) is 0. The minimum Gasteiger partial charge on any atom is -0.476 e. The van der Waals surface area contributed by atoms with Crippen LogP contribution in [0, 0.1) is 0 Å². The number of thioether (sulfide) groups is 1. The molecule has 0 aliphatic rings. The molecule has 0 bridgehead atoms. The van der Waals surface area contributed by atoms with Gasteiger partial charge in [0, 0.05) is 18.9 Å². The van der Waals surface area contributed by atoms with Crippen molar-refractivity contribution in [2.45, 2.75) is 5.51 Å². The second kappa shape index (κ2) is 5.60. The molecular weight excluding hydrogens is 213 g/mol. The molecule has 0 N–H and O–H groups in total. The van der Waals surface area contributed by atoms with Crippen molar-refractivity contribution in [3.63, 3.8) is 0 Å². The lowest BCUT2D eigenvalue weighted by atomic mass is 10.8. The number of rotatable bonds is 3. The Balaban J connectivity index is 3.47. The van der Waals surface area contributed by atoms with E-state index in [0.717, 1.165) is 0 Å². The first-order chi connectivity index (χ1) is 5.45. The van der Waals surface area contributed by atoms with Gasteiger partial charge < -0.3 is 9.47 Å². The van der Waals surface area contributed by atoms with Crippen LogP contribution in [-0.4, -0.2) is 30.2 Å². The quantitative estimate of drug-likeness (QED) is 0.536. The van der Waals surface area contributed by atoms with Crippen LogP contribution in [0.3, 0.4) is 0 Å². The maximum absolute atomic E-state index is 11.6. The fraction of sp³-hybridized carbons (Fsp3) is 0.800. The second-order valence-corrected chi connectivity index (χ2v) is 3.31. The van der Waals surface area contributed by atoms with Gasteiger partial charge in [0.25, 0.3) is 0 Å². The second-order valence-electron chi connectivity index (χ2n) is 1.64. The third-order valence-electron chi connectivity index (χ3n) is 0.706. The van der Waals surface area contributed by atoms with E-state index in [1.54, 1.807) is 0 Å². The minimum absolute atomic E-state index is 0.0401. The van der Waals surface area contributed by atoms with Crippen LogP contribution in [-0.2, 0) is 9.47 Å². The molecule has 0 aromatic carbocycles. The van der Waals surface area contributed by atoms with Gasteiger partial charge in [0.05, 0.1) is 6.61 Å². The molecule has 0 rings (SSSR count). The summed E-state index contributed by atoms with van der Waals surface area (Å²) < 4.78 is 43.3. The molecular formula is C5H7F3O2S2. The summed E-state index contributed by atoms with van der Waals surface area (Å²) in [5.74, 6) is 0. The van der Waals surface area contributed by atoms with Gasteiger partial charge in [0.15, 0.2) is 0 Å². The Labute approximate surface area is 77.4 Å². The van der Waals surface area contributed by atoms with Crippen LogP contribution in [0.15, 0.2) is 0 Å². The van der Waals surface area contributed by atoms with Crippen molar-refractivity contribution < 1.29 is 22.6 Å². The number of methoxy groups -OCH3 is 1. The standard InChI is InChI=1S/C5H7F3O2S2/c1-9-2-3-10-4(11)12-5(6,7)8/h2-3H2,1H3. The lowest BCUT2D eigenvalue weighted by Gasteiger charge is -2.07. The van der Waals surface area contributed by atoms with Crippen LogP contribution < -0.4 is 0 Å². The summed E-state index contributed by atoms with van der Waals surface area (Å²) in [6.45, 7) is 0.261. The first kappa shape index (κ1) is 12.0. The number of hydrogen-bond donors (Lipinski definition) is 0. The molecule has 0 radical (unpaired) electrons. The molecule has 0 unspecified atom stereocenters. The summed E-state index contributed by atoms with van der Waals surface area (Å²) in [5.41, 5.74) is -4.37. The molecule has 0 aromatic rings. The van der Waals surface area contributed by atoms with E-state index in [1.807, 2.05) is 0 Å². The minimum atomic E-state index is -4.37. The number of thiocarbonyl (C=S) groups is 1. The van der Waals surface area contributed by atoms with Crippen molar-refractivity contribution >= 4 is 28.4 Å². The van der Waals surface area contributed by atoms with E-state index in [2.05, 4.69) is 21.7 Å². The van der Waals surface area contributed by atoms with Gasteiger partial charge in [-0.15, -0.1) is 0 Å². The normalized spacial score (nSPS) is 11.3. The first-order valence-corrected chi connectivity index (χ1v) is 4.09. The smallest absolute Gasteiger partial charge is 0.450 e. The molecule has 0 fully saturated rings. The van der Waals surface area contributed by atoms with Crippen LogP contribution in [0.4, 0.5) is 13.2 Å². The van der Waals surface area contributed by atoms with Crippen LogP contribution >= 0.6 is 24.0 Å². The maximum atomic E-state index is 11.6. The first-order valence-electron chi connectivity index (χ1n) is 2.87. The monoisotopic (exact) mass is 220 g/mol. The summed E-state index contributed by atoms with van der Waals surface area (Å²) in [7, 11) is 1.42. The van der Waals surface area contributed by atoms with Crippen molar-refractivity contribution in [2.75, 3.05) is 20.3 Å². The van der Waals surface area contributed by atoms with Crippen LogP contribution in [0.1, 0.15) is 0 Å².